The molecule has 0 saturated carbocycles. The van der Waals surface area contributed by atoms with Gasteiger partial charge in [-0.15, -0.1) is 11.6 Å². The van der Waals surface area contributed by atoms with Crippen molar-refractivity contribution in [2.24, 2.45) is 0 Å². The fourth-order valence-corrected chi connectivity index (χ4v) is 2.56. The van der Waals surface area contributed by atoms with Crippen LogP contribution in [0.4, 0.5) is 0 Å². The summed E-state index contributed by atoms with van der Waals surface area (Å²) in [4.78, 5) is 11.1. The number of alkyl halides is 1. The molecule has 0 aliphatic rings. The van der Waals surface area contributed by atoms with E-state index in [4.69, 9.17) is 11.6 Å². The maximum absolute atomic E-state index is 11.1. The first kappa shape index (κ1) is 13.4. The van der Waals surface area contributed by atoms with Gasteiger partial charge in [0.05, 0.1) is 13.5 Å². The summed E-state index contributed by atoms with van der Waals surface area (Å²) in [6.07, 6.45) is 0.373. The van der Waals surface area contributed by atoms with E-state index in [-0.39, 0.29) is 11.2 Å². The van der Waals surface area contributed by atoms with Gasteiger partial charge < -0.3 is 4.74 Å². The molecule has 1 rings (SSSR count). The van der Waals surface area contributed by atoms with E-state index < -0.39 is 0 Å². The van der Waals surface area contributed by atoms with Crippen LogP contribution in [0.15, 0.2) is 30.3 Å². The smallest absolute Gasteiger partial charge is 0.306 e. The largest absolute Gasteiger partial charge is 0.469 e. The van der Waals surface area contributed by atoms with Gasteiger partial charge >= 0.3 is 5.97 Å². The van der Waals surface area contributed by atoms with Gasteiger partial charge in [-0.05, 0) is 5.56 Å². The number of methoxy groups -OCH3 is 1. The molecule has 1 aromatic carbocycles. The van der Waals surface area contributed by atoms with Gasteiger partial charge in [0, 0.05) is 16.9 Å². The quantitative estimate of drug-likeness (QED) is 0.579. The number of carbonyl (C=O) groups excluding carboxylic acids is 1. The van der Waals surface area contributed by atoms with E-state index >= 15 is 0 Å². The molecule has 0 spiro atoms. The summed E-state index contributed by atoms with van der Waals surface area (Å²) in [6.45, 7) is 0. The average molecular weight is 259 g/mol. The van der Waals surface area contributed by atoms with Crippen molar-refractivity contribution in [3.63, 3.8) is 0 Å². The van der Waals surface area contributed by atoms with E-state index in [0.717, 1.165) is 5.75 Å². The molecule has 0 amide bonds. The highest BCUT2D eigenvalue weighted by Crippen LogP contribution is 2.21. The summed E-state index contributed by atoms with van der Waals surface area (Å²) in [5.74, 6) is 1.13. The molecule has 1 atom stereocenters. The highest BCUT2D eigenvalue weighted by molar-refractivity contribution is 7.99. The van der Waals surface area contributed by atoms with E-state index in [1.54, 1.807) is 11.8 Å². The van der Waals surface area contributed by atoms with Crippen molar-refractivity contribution in [2.45, 2.75) is 17.4 Å². The Kier molecular flexibility index (Phi) is 6.34. The summed E-state index contributed by atoms with van der Waals surface area (Å²) in [5, 5.41) is 0.120. The Morgan fingerprint density at radius 3 is 2.69 bits per heavy atom. The van der Waals surface area contributed by atoms with Crippen molar-refractivity contribution in [2.75, 3.05) is 13.0 Å². The lowest BCUT2D eigenvalue weighted by Gasteiger charge is -2.11. The van der Waals surface area contributed by atoms with Crippen molar-refractivity contribution >= 4 is 29.3 Å². The van der Waals surface area contributed by atoms with Crippen LogP contribution in [0.5, 0.6) is 0 Å². The predicted octanol–water partition coefficient (Wildman–Crippen LogP) is 3.09. The van der Waals surface area contributed by atoms with Crippen molar-refractivity contribution < 1.29 is 9.53 Å². The van der Waals surface area contributed by atoms with Crippen LogP contribution < -0.4 is 0 Å². The Labute approximate surface area is 105 Å². The highest BCUT2D eigenvalue weighted by Gasteiger charge is 2.13. The maximum Gasteiger partial charge on any atom is 0.306 e. The lowest BCUT2D eigenvalue weighted by molar-refractivity contribution is -0.140. The lowest BCUT2D eigenvalue weighted by Crippen LogP contribution is -2.13. The molecule has 4 heteroatoms. The average Bonchev–Trinajstić information content (AvgIpc) is 2.35. The first-order chi connectivity index (χ1) is 7.76. The minimum absolute atomic E-state index is 0.120. The molecular formula is C12H15ClO2S. The zero-order valence-electron chi connectivity index (χ0n) is 9.19. The molecule has 1 aromatic rings. The van der Waals surface area contributed by atoms with Gasteiger partial charge in [0.25, 0.3) is 0 Å². The molecule has 88 valence electrons. The zero-order chi connectivity index (χ0) is 11.8. The molecule has 0 fully saturated rings. The van der Waals surface area contributed by atoms with Crippen LogP contribution in [-0.2, 0) is 15.3 Å². The fourth-order valence-electron chi connectivity index (χ4n) is 1.22. The third kappa shape index (κ3) is 4.90. The second-order valence-electron chi connectivity index (χ2n) is 3.35. The molecule has 0 unspecified atom stereocenters. The van der Waals surface area contributed by atoms with Crippen LogP contribution in [0.1, 0.15) is 12.0 Å². The Balaban J connectivity index is 2.37. The van der Waals surface area contributed by atoms with E-state index in [2.05, 4.69) is 16.9 Å². The molecular weight excluding hydrogens is 244 g/mol. The Morgan fingerprint density at radius 1 is 1.44 bits per heavy atom. The third-order valence-electron chi connectivity index (χ3n) is 2.12. The van der Waals surface area contributed by atoms with Gasteiger partial charge in [-0.3, -0.25) is 4.79 Å². The monoisotopic (exact) mass is 258 g/mol. The van der Waals surface area contributed by atoms with Crippen molar-refractivity contribution in [3.8, 4) is 0 Å². The van der Waals surface area contributed by atoms with Crippen molar-refractivity contribution in [3.05, 3.63) is 35.9 Å². The fraction of sp³-hybridized carbons (Fsp3) is 0.417. The topological polar surface area (TPSA) is 26.3 Å². The molecule has 2 nitrogen and oxygen atoms in total. The number of hydrogen-bond donors (Lipinski definition) is 0. The van der Waals surface area contributed by atoms with E-state index in [9.17, 15) is 4.79 Å². The van der Waals surface area contributed by atoms with Gasteiger partial charge in [-0.1, -0.05) is 30.3 Å². The standard InChI is InChI=1S/C12H15ClO2S/c1-15-12(14)7-11(8-13)16-9-10-5-3-2-4-6-10/h2-6,11H,7-9H2,1H3/t11-/m1/s1. The predicted molar refractivity (Wildman–Crippen MR) is 68.9 cm³/mol. The molecule has 0 aromatic heterocycles. The summed E-state index contributed by atoms with van der Waals surface area (Å²) < 4.78 is 4.62. The van der Waals surface area contributed by atoms with Crippen molar-refractivity contribution in [1.29, 1.82) is 0 Å². The summed E-state index contributed by atoms with van der Waals surface area (Å²) in [7, 11) is 1.40. The van der Waals surface area contributed by atoms with Crippen LogP contribution in [0.25, 0.3) is 0 Å². The zero-order valence-corrected chi connectivity index (χ0v) is 10.8. The van der Waals surface area contributed by atoms with Crippen LogP contribution in [0.2, 0.25) is 0 Å². The molecule has 16 heavy (non-hydrogen) atoms. The van der Waals surface area contributed by atoms with E-state index in [0.29, 0.717) is 12.3 Å². The van der Waals surface area contributed by atoms with Gasteiger partial charge in [0.2, 0.25) is 0 Å². The lowest BCUT2D eigenvalue weighted by atomic mass is 10.2. The molecule has 0 radical (unpaired) electrons. The van der Waals surface area contributed by atoms with E-state index in [1.807, 2.05) is 18.2 Å². The SMILES string of the molecule is COC(=O)C[C@H](CCl)SCc1ccccc1. The minimum Gasteiger partial charge on any atom is -0.469 e. The molecule has 0 N–H and O–H groups in total. The van der Waals surface area contributed by atoms with Crippen LogP contribution in [-0.4, -0.2) is 24.2 Å². The van der Waals surface area contributed by atoms with Crippen LogP contribution >= 0.6 is 23.4 Å². The van der Waals surface area contributed by atoms with Gasteiger partial charge in [-0.25, -0.2) is 0 Å². The Bertz CT molecular complexity index is 316. The summed E-state index contributed by atoms with van der Waals surface area (Å²) in [5.41, 5.74) is 1.24. The van der Waals surface area contributed by atoms with E-state index in [1.165, 1.54) is 12.7 Å². The number of ether oxygens (including phenoxy) is 1. The summed E-state index contributed by atoms with van der Waals surface area (Å²) in [6, 6.07) is 10.1. The van der Waals surface area contributed by atoms with Crippen LogP contribution in [0, 0.1) is 0 Å². The number of esters is 1. The molecule has 0 aliphatic carbocycles. The number of benzene rings is 1. The highest BCUT2D eigenvalue weighted by atomic mass is 35.5. The number of halogens is 1. The van der Waals surface area contributed by atoms with Gasteiger partial charge in [0.15, 0.2) is 0 Å². The number of thioether (sulfide) groups is 1. The second kappa shape index (κ2) is 7.58. The first-order valence-electron chi connectivity index (χ1n) is 5.04. The van der Waals surface area contributed by atoms with Crippen molar-refractivity contribution in [1.82, 2.24) is 0 Å². The minimum atomic E-state index is -0.203. The molecule has 0 heterocycles. The normalized spacial score (nSPS) is 12.1. The summed E-state index contributed by atoms with van der Waals surface area (Å²) >= 11 is 7.49. The number of carbonyl (C=O) groups is 1. The number of hydrogen-bond acceptors (Lipinski definition) is 3. The van der Waals surface area contributed by atoms with Gasteiger partial charge in [-0.2, -0.15) is 11.8 Å². The Hall–Kier alpha value is -0.670. The molecule has 0 bridgehead atoms. The second-order valence-corrected chi connectivity index (χ2v) is 4.95. The maximum atomic E-state index is 11.1. The van der Waals surface area contributed by atoms with Crippen LogP contribution in [0.3, 0.4) is 0 Å². The van der Waals surface area contributed by atoms with Gasteiger partial charge in [0.1, 0.15) is 0 Å². The number of rotatable bonds is 6. The Morgan fingerprint density at radius 2 is 2.12 bits per heavy atom. The molecule has 0 aliphatic heterocycles. The first-order valence-corrected chi connectivity index (χ1v) is 6.63. The molecule has 0 saturated heterocycles. The third-order valence-corrected chi connectivity index (χ3v) is 3.98.